The number of rotatable bonds is 2. The number of aliphatic imine (C=N–C) groups is 1. The third-order valence-corrected chi connectivity index (χ3v) is 4.10. The molecular formula is C14H14BrF2N5. The van der Waals surface area contributed by atoms with Crippen LogP contribution in [0.4, 0.5) is 8.78 Å². The van der Waals surface area contributed by atoms with Crippen molar-refractivity contribution >= 4 is 21.8 Å². The van der Waals surface area contributed by atoms with Gasteiger partial charge in [0.25, 0.3) is 6.43 Å². The van der Waals surface area contributed by atoms with Crippen molar-refractivity contribution in [2.24, 2.45) is 4.99 Å². The Morgan fingerprint density at radius 3 is 2.82 bits per heavy atom. The molecule has 1 aromatic carbocycles. The lowest BCUT2D eigenvalue weighted by molar-refractivity contribution is 0.144. The SMILES string of the molecule is CN=C1c2cc(Br)ccc2-n2cnc(C(F)F)c2CN1NC. The molecule has 8 heteroatoms. The van der Waals surface area contributed by atoms with Crippen molar-refractivity contribution in [2.45, 2.75) is 13.0 Å². The molecule has 0 bridgehead atoms. The summed E-state index contributed by atoms with van der Waals surface area (Å²) in [6, 6.07) is 5.65. The van der Waals surface area contributed by atoms with Crippen LogP contribution in [0.15, 0.2) is 34.0 Å². The fourth-order valence-electron chi connectivity index (χ4n) is 2.63. The number of alkyl halides is 2. The average molecular weight is 370 g/mol. The van der Waals surface area contributed by atoms with Crippen LogP contribution in [0.2, 0.25) is 0 Å². The van der Waals surface area contributed by atoms with Crippen LogP contribution in [-0.4, -0.2) is 34.5 Å². The smallest absolute Gasteiger partial charge is 0.282 e. The second-order valence-electron chi connectivity index (χ2n) is 4.77. The highest BCUT2D eigenvalue weighted by Gasteiger charge is 2.28. The van der Waals surface area contributed by atoms with E-state index in [2.05, 4.69) is 31.3 Å². The van der Waals surface area contributed by atoms with Gasteiger partial charge < -0.3 is 4.57 Å². The molecule has 0 atom stereocenters. The van der Waals surface area contributed by atoms with Crippen molar-refractivity contribution in [3.8, 4) is 5.69 Å². The molecule has 116 valence electrons. The Kier molecular flexibility index (Phi) is 3.96. The Morgan fingerprint density at radius 1 is 1.41 bits per heavy atom. The molecule has 2 heterocycles. The molecule has 0 aliphatic carbocycles. The van der Waals surface area contributed by atoms with Gasteiger partial charge in [-0.1, -0.05) is 15.9 Å². The number of benzene rings is 1. The molecule has 0 fully saturated rings. The normalized spacial score (nSPS) is 15.9. The minimum atomic E-state index is -2.62. The quantitative estimate of drug-likeness (QED) is 0.885. The first-order chi connectivity index (χ1) is 10.6. The van der Waals surface area contributed by atoms with Crippen LogP contribution >= 0.6 is 15.9 Å². The lowest BCUT2D eigenvalue weighted by atomic mass is 10.1. The van der Waals surface area contributed by atoms with E-state index in [-0.39, 0.29) is 12.2 Å². The summed E-state index contributed by atoms with van der Waals surface area (Å²) in [6.07, 6.45) is -1.18. The minimum Gasteiger partial charge on any atom is -0.300 e. The molecule has 0 spiro atoms. The number of imidazole rings is 1. The second-order valence-corrected chi connectivity index (χ2v) is 5.68. The molecule has 0 saturated carbocycles. The molecule has 3 rings (SSSR count). The van der Waals surface area contributed by atoms with Crippen LogP contribution in [0.3, 0.4) is 0 Å². The molecule has 2 aromatic rings. The molecule has 0 radical (unpaired) electrons. The Hall–Kier alpha value is -1.80. The summed E-state index contributed by atoms with van der Waals surface area (Å²) in [5, 5.41) is 1.73. The Balaban J connectivity index is 2.30. The monoisotopic (exact) mass is 369 g/mol. The van der Waals surface area contributed by atoms with Gasteiger partial charge in [0.1, 0.15) is 17.9 Å². The Morgan fingerprint density at radius 2 is 2.18 bits per heavy atom. The molecule has 0 unspecified atom stereocenters. The molecule has 1 aliphatic rings. The van der Waals surface area contributed by atoms with Gasteiger partial charge in [-0.15, -0.1) is 0 Å². The van der Waals surface area contributed by atoms with Crippen LogP contribution in [0.25, 0.3) is 5.69 Å². The van der Waals surface area contributed by atoms with Gasteiger partial charge in [0, 0.05) is 24.1 Å². The van der Waals surface area contributed by atoms with Crippen LogP contribution in [0.1, 0.15) is 23.4 Å². The van der Waals surface area contributed by atoms with Crippen molar-refractivity contribution in [3.63, 3.8) is 0 Å². The summed E-state index contributed by atoms with van der Waals surface area (Å²) in [6.45, 7) is 0.245. The number of halogens is 3. The topological polar surface area (TPSA) is 45.5 Å². The Bertz CT molecular complexity index is 741. The van der Waals surface area contributed by atoms with Crippen LogP contribution in [-0.2, 0) is 6.54 Å². The first-order valence-corrected chi connectivity index (χ1v) is 7.42. The van der Waals surface area contributed by atoms with E-state index in [0.29, 0.717) is 11.5 Å². The third kappa shape index (κ3) is 2.32. The van der Waals surface area contributed by atoms with Crippen molar-refractivity contribution in [1.82, 2.24) is 20.0 Å². The first kappa shape index (κ1) is 15.1. The first-order valence-electron chi connectivity index (χ1n) is 6.63. The van der Waals surface area contributed by atoms with Gasteiger partial charge in [0.05, 0.1) is 17.9 Å². The summed E-state index contributed by atoms with van der Waals surface area (Å²) in [5.74, 6) is 0.683. The zero-order valence-corrected chi connectivity index (χ0v) is 13.6. The molecular weight excluding hydrogens is 356 g/mol. The molecule has 5 nitrogen and oxygen atoms in total. The summed E-state index contributed by atoms with van der Waals surface area (Å²) in [5.41, 5.74) is 4.86. The molecule has 1 aromatic heterocycles. The lowest BCUT2D eigenvalue weighted by Crippen LogP contribution is -2.40. The van der Waals surface area contributed by atoms with E-state index >= 15 is 0 Å². The number of fused-ring (bicyclic) bond motifs is 3. The van der Waals surface area contributed by atoms with Gasteiger partial charge >= 0.3 is 0 Å². The lowest BCUT2D eigenvalue weighted by Gasteiger charge is -2.23. The standard InChI is InChI=1S/C14H14BrF2N5/c1-18-14-9-5-8(15)3-4-10(9)21-7-20-12(13(16)17)11(21)6-22(14)19-2/h3-5,7,13,19H,6H2,1-2H3. The molecule has 1 N–H and O–H groups in total. The second kappa shape index (κ2) is 5.77. The van der Waals surface area contributed by atoms with Crippen molar-refractivity contribution in [3.05, 3.63) is 46.0 Å². The van der Waals surface area contributed by atoms with Crippen molar-refractivity contribution in [2.75, 3.05) is 14.1 Å². The van der Waals surface area contributed by atoms with E-state index in [1.165, 1.54) is 6.33 Å². The highest BCUT2D eigenvalue weighted by Crippen LogP contribution is 2.31. The average Bonchev–Trinajstić information content (AvgIpc) is 2.85. The van der Waals surface area contributed by atoms with Crippen molar-refractivity contribution < 1.29 is 8.78 Å². The minimum absolute atomic E-state index is 0.202. The van der Waals surface area contributed by atoms with E-state index < -0.39 is 6.43 Å². The van der Waals surface area contributed by atoms with Gasteiger partial charge in [-0.3, -0.25) is 10.0 Å². The van der Waals surface area contributed by atoms with Gasteiger partial charge in [-0.25, -0.2) is 19.2 Å². The predicted octanol–water partition coefficient (Wildman–Crippen LogP) is 2.90. The number of nitrogens with one attached hydrogen (secondary N) is 1. The summed E-state index contributed by atoms with van der Waals surface area (Å²) in [7, 11) is 3.41. The largest absolute Gasteiger partial charge is 0.300 e. The van der Waals surface area contributed by atoms with Gasteiger partial charge in [0.15, 0.2) is 0 Å². The van der Waals surface area contributed by atoms with E-state index in [4.69, 9.17) is 0 Å². The van der Waals surface area contributed by atoms with Gasteiger partial charge in [0.2, 0.25) is 0 Å². The van der Waals surface area contributed by atoms with E-state index in [0.717, 1.165) is 15.7 Å². The highest BCUT2D eigenvalue weighted by molar-refractivity contribution is 9.10. The molecule has 1 aliphatic heterocycles. The predicted molar refractivity (Wildman–Crippen MR) is 83.3 cm³/mol. The highest BCUT2D eigenvalue weighted by atomic mass is 79.9. The fourth-order valence-corrected chi connectivity index (χ4v) is 2.99. The zero-order chi connectivity index (χ0) is 15.9. The number of hydrogen-bond acceptors (Lipinski definition) is 3. The number of aromatic nitrogens is 2. The Labute approximate surface area is 134 Å². The maximum atomic E-state index is 13.2. The number of nitrogens with zero attached hydrogens (tertiary/aromatic N) is 4. The summed E-state index contributed by atoms with van der Waals surface area (Å²) >= 11 is 3.44. The summed E-state index contributed by atoms with van der Waals surface area (Å²) in [4.78, 5) is 8.20. The maximum absolute atomic E-state index is 13.2. The van der Waals surface area contributed by atoms with E-state index in [1.54, 1.807) is 23.7 Å². The van der Waals surface area contributed by atoms with Gasteiger partial charge in [-0.2, -0.15) is 0 Å². The molecule has 0 saturated heterocycles. The number of amidine groups is 1. The van der Waals surface area contributed by atoms with Crippen LogP contribution < -0.4 is 5.43 Å². The fraction of sp³-hybridized carbons (Fsp3) is 0.286. The number of hydrazine groups is 1. The summed E-state index contributed by atoms with van der Waals surface area (Å²) < 4.78 is 29.0. The van der Waals surface area contributed by atoms with Crippen LogP contribution in [0, 0.1) is 0 Å². The number of hydrogen-bond donors (Lipinski definition) is 1. The molecule has 0 amide bonds. The zero-order valence-electron chi connectivity index (χ0n) is 12.0. The van der Waals surface area contributed by atoms with Gasteiger partial charge in [-0.05, 0) is 18.2 Å². The maximum Gasteiger partial charge on any atom is 0.282 e. The van der Waals surface area contributed by atoms with E-state index in [1.807, 2.05) is 18.2 Å². The van der Waals surface area contributed by atoms with Crippen molar-refractivity contribution in [1.29, 1.82) is 0 Å². The molecule has 22 heavy (non-hydrogen) atoms. The third-order valence-electron chi connectivity index (χ3n) is 3.61. The van der Waals surface area contributed by atoms with E-state index in [9.17, 15) is 8.78 Å². The van der Waals surface area contributed by atoms with Crippen LogP contribution in [0.5, 0.6) is 0 Å².